The van der Waals surface area contributed by atoms with E-state index < -0.39 is 0 Å². The summed E-state index contributed by atoms with van der Waals surface area (Å²) in [7, 11) is 0. The maximum absolute atomic E-state index is 12.3. The molecule has 2 aromatic carbocycles. The Hall–Kier alpha value is -3.67. The summed E-state index contributed by atoms with van der Waals surface area (Å²) in [5, 5.41) is 5.52. The third-order valence-electron chi connectivity index (χ3n) is 6.18. The van der Waals surface area contributed by atoms with Gasteiger partial charge in [0, 0.05) is 31.4 Å². The van der Waals surface area contributed by atoms with E-state index in [1.807, 2.05) is 24.3 Å². The number of rotatable bonds is 6. The number of nitrogens with one attached hydrogen (secondary N) is 2. The Morgan fingerprint density at radius 3 is 2.35 bits per heavy atom. The number of amides is 2. The molecule has 2 heterocycles. The van der Waals surface area contributed by atoms with Gasteiger partial charge in [-0.3, -0.25) is 9.59 Å². The normalized spacial score (nSPS) is 13.2. The van der Waals surface area contributed by atoms with Crippen molar-refractivity contribution < 1.29 is 9.59 Å². The SMILES string of the molecule is CC(C)(C)c1ccc(C(=O)NCC(=O)NCc2ccc(N3CCc4ccccc4C3)nc2)cc1. The lowest BCUT2D eigenvalue weighted by Crippen LogP contribution is -2.36. The summed E-state index contributed by atoms with van der Waals surface area (Å²) in [6, 6.07) is 20.0. The van der Waals surface area contributed by atoms with Gasteiger partial charge in [-0.1, -0.05) is 63.2 Å². The second-order valence-corrected chi connectivity index (χ2v) is 9.75. The fourth-order valence-electron chi connectivity index (χ4n) is 4.05. The quantitative estimate of drug-likeness (QED) is 0.588. The van der Waals surface area contributed by atoms with Crippen LogP contribution in [0, 0.1) is 0 Å². The van der Waals surface area contributed by atoms with Crippen molar-refractivity contribution in [3.63, 3.8) is 0 Å². The maximum atomic E-state index is 12.3. The van der Waals surface area contributed by atoms with Crippen molar-refractivity contribution in [2.24, 2.45) is 0 Å². The highest BCUT2D eigenvalue weighted by molar-refractivity contribution is 5.96. The largest absolute Gasteiger partial charge is 0.352 e. The van der Waals surface area contributed by atoms with Crippen LogP contribution < -0.4 is 15.5 Å². The lowest BCUT2D eigenvalue weighted by molar-refractivity contribution is -0.120. The molecule has 0 spiro atoms. The van der Waals surface area contributed by atoms with E-state index in [1.54, 1.807) is 18.3 Å². The van der Waals surface area contributed by atoms with Crippen molar-refractivity contribution in [3.8, 4) is 0 Å². The summed E-state index contributed by atoms with van der Waals surface area (Å²) in [5.41, 5.74) is 5.40. The molecule has 0 fully saturated rings. The van der Waals surface area contributed by atoms with Crippen molar-refractivity contribution in [2.45, 2.75) is 45.7 Å². The Kier molecular flexibility index (Phi) is 6.96. The van der Waals surface area contributed by atoms with Gasteiger partial charge in [0.05, 0.1) is 6.54 Å². The molecule has 6 nitrogen and oxygen atoms in total. The number of hydrogen-bond donors (Lipinski definition) is 2. The fraction of sp³-hybridized carbons (Fsp3) is 0.321. The molecule has 2 amide bonds. The molecule has 6 heteroatoms. The Balaban J connectivity index is 1.23. The molecule has 2 N–H and O–H groups in total. The molecule has 1 aliphatic rings. The van der Waals surface area contributed by atoms with Gasteiger partial charge in [-0.2, -0.15) is 0 Å². The number of benzene rings is 2. The summed E-state index contributed by atoms with van der Waals surface area (Å²) < 4.78 is 0. The van der Waals surface area contributed by atoms with Crippen LogP contribution in [0.1, 0.15) is 53.4 Å². The van der Waals surface area contributed by atoms with E-state index in [0.29, 0.717) is 12.1 Å². The van der Waals surface area contributed by atoms with Crippen LogP contribution in [0.4, 0.5) is 5.82 Å². The van der Waals surface area contributed by atoms with Crippen molar-refractivity contribution in [2.75, 3.05) is 18.0 Å². The van der Waals surface area contributed by atoms with Gasteiger partial charge >= 0.3 is 0 Å². The fourth-order valence-corrected chi connectivity index (χ4v) is 4.05. The number of carbonyl (C=O) groups excluding carboxylic acids is 2. The molecule has 3 aromatic rings. The third-order valence-corrected chi connectivity index (χ3v) is 6.18. The number of fused-ring (bicyclic) bond motifs is 1. The van der Waals surface area contributed by atoms with Crippen molar-refractivity contribution in [3.05, 3.63) is 94.7 Å². The lowest BCUT2D eigenvalue weighted by Gasteiger charge is -2.29. The van der Waals surface area contributed by atoms with Gasteiger partial charge in [0.25, 0.3) is 5.91 Å². The number of pyridine rings is 1. The molecule has 0 saturated carbocycles. The van der Waals surface area contributed by atoms with E-state index in [0.717, 1.165) is 36.5 Å². The molecular weight excluding hydrogens is 424 g/mol. The summed E-state index contributed by atoms with van der Waals surface area (Å²) in [6.07, 6.45) is 2.81. The first-order chi connectivity index (χ1) is 16.3. The molecular formula is C28H32N4O2. The lowest BCUT2D eigenvalue weighted by atomic mass is 9.87. The van der Waals surface area contributed by atoms with E-state index in [9.17, 15) is 9.59 Å². The van der Waals surface area contributed by atoms with E-state index in [4.69, 9.17) is 0 Å². The van der Waals surface area contributed by atoms with Crippen molar-refractivity contribution >= 4 is 17.6 Å². The Bertz CT molecular complexity index is 1150. The standard InChI is InChI=1S/C28H32N4O2/c1-28(2,3)24-11-9-22(10-12-24)27(34)31-18-26(33)30-17-20-8-13-25(29-16-20)32-15-14-21-6-4-5-7-23(21)19-32/h4-13,16H,14-15,17-19H2,1-3H3,(H,30,33)(H,31,34). The first-order valence-electron chi connectivity index (χ1n) is 11.7. The molecule has 0 saturated heterocycles. The zero-order chi connectivity index (χ0) is 24.1. The number of carbonyl (C=O) groups is 2. The van der Waals surface area contributed by atoms with Crippen LogP contribution in [0.25, 0.3) is 0 Å². The van der Waals surface area contributed by atoms with Gasteiger partial charge in [-0.25, -0.2) is 4.98 Å². The Morgan fingerprint density at radius 2 is 1.68 bits per heavy atom. The van der Waals surface area contributed by atoms with Crippen LogP contribution in [0.5, 0.6) is 0 Å². The van der Waals surface area contributed by atoms with E-state index in [-0.39, 0.29) is 23.8 Å². The highest BCUT2D eigenvalue weighted by Crippen LogP contribution is 2.23. The van der Waals surface area contributed by atoms with Gasteiger partial charge in [0.1, 0.15) is 5.82 Å². The van der Waals surface area contributed by atoms with Gasteiger partial charge in [0.15, 0.2) is 0 Å². The average molecular weight is 457 g/mol. The molecule has 1 aromatic heterocycles. The molecule has 1 aliphatic heterocycles. The number of hydrogen-bond acceptors (Lipinski definition) is 4. The molecule has 0 bridgehead atoms. The Labute approximate surface area is 201 Å². The van der Waals surface area contributed by atoms with Crippen LogP contribution in [0.3, 0.4) is 0 Å². The second-order valence-electron chi connectivity index (χ2n) is 9.75. The first kappa shape index (κ1) is 23.5. The summed E-state index contributed by atoms with van der Waals surface area (Å²) in [6.45, 7) is 8.48. The van der Waals surface area contributed by atoms with E-state index in [2.05, 4.69) is 65.6 Å². The van der Waals surface area contributed by atoms with Crippen molar-refractivity contribution in [1.82, 2.24) is 15.6 Å². The monoisotopic (exact) mass is 456 g/mol. The molecule has 0 atom stereocenters. The van der Waals surface area contributed by atoms with Gasteiger partial charge in [-0.15, -0.1) is 0 Å². The van der Waals surface area contributed by atoms with Crippen LogP contribution in [0.15, 0.2) is 66.9 Å². The van der Waals surface area contributed by atoms with Crippen LogP contribution in [-0.2, 0) is 29.7 Å². The van der Waals surface area contributed by atoms with Crippen LogP contribution in [-0.4, -0.2) is 29.9 Å². The van der Waals surface area contributed by atoms with E-state index >= 15 is 0 Å². The zero-order valence-corrected chi connectivity index (χ0v) is 20.1. The minimum atomic E-state index is -0.260. The van der Waals surface area contributed by atoms with Gasteiger partial charge < -0.3 is 15.5 Å². The highest BCUT2D eigenvalue weighted by atomic mass is 16.2. The number of nitrogens with zero attached hydrogens (tertiary/aromatic N) is 2. The smallest absolute Gasteiger partial charge is 0.251 e. The molecule has 4 rings (SSSR count). The molecule has 0 radical (unpaired) electrons. The summed E-state index contributed by atoms with van der Waals surface area (Å²) in [4.78, 5) is 31.4. The minimum Gasteiger partial charge on any atom is -0.352 e. The van der Waals surface area contributed by atoms with Crippen molar-refractivity contribution in [1.29, 1.82) is 0 Å². The van der Waals surface area contributed by atoms with Gasteiger partial charge in [-0.05, 0) is 52.3 Å². The molecule has 34 heavy (non-hydrogen) atoms. The summed E-state index contributed by atoms with van der Waals surface area (Å²) >= 11 is 0. The third kappa shape index (κ3) is 5.81. The highest BCUT2D eigenvalue weighted by Gasteiger charge is 2.17. The summed E-state index contributed by atoms with van der Waals surface area (Å²) in [5.74, 6) is 0.440. The predicted octanol–water partition coefficient (Wildman–Crippen LogP) is 3.99. The van der Waals surface area contributed by atoms with Crippen LogP contribution >= 0.6 is 0 Å². The van der Waals surface area contributed by atoms with Crippen LogP contribution in [0.2, 0.25) is 0 Å². The first-order valence-corrected chi connectivity index (χ1v) is 11.7. The Morgan fingerprint density at radius 1 is 0.941 bits per heavy atom. The zero-order valence-electron chi connectivity index (χ0n) is 20.1. The number of anilines is 1. The maximum Gasteiger partial charge on any atom is 0.251 e. The predicted molar refractivity (Wildman–Crippen MR) is 135 cm³/mol. The topological polar surface area (TPSA) is 74.3 Å². The minimum absolute atomic E-state index is 0.0289. The van der Waals surface area contributed by atoms with E-state index in [1.165, 1.54) is 11.1 Å². The molecule has 0 unspecified atom stereocenters. The second kappa shape index (κ2) is 10.1. The molecule has 176 valence electrons. The average Bonchev–Trinajstić information content (AvgIpc) is 2.85. The molecule has 0 aliphatic carbocycles. The van der Waals surface area contributed by atoms with Gasteiger partial charge in [0.2, 0.25) is 5.91 Å². The number of aromatic nitrogens is 1.